The van der Waals surface area contributed by atoms with Gasteiger partial charge < -0.3 is 23.8 Å². The number of hydrogen-bond acceptors (Lipinski definition) is 14. The van der Waals surface area contributed by atoms with Crippen LogP contribution in [-0.4, -0.2) is 66.3 Å². The van der Waals surface area contributed by atoms with Gasteiger partial charge in [0.05, 0.1) is 18.6 Å². The molecule has 0 amide bonds. The summed E-state index contributed by atoms with van der Waals surface area (Å²) in [6.07, 6.45) is 3.55. The van der Waals surface area contributed by atoms with E-state index in [0.29, 0.717) is 18.6 Å². The molecule has 260 valence electrons. The minimum Gasteiger partial charge on any atom is -0.493 e. The molecule has 0 atom stereocenters. The summed E-state index contributed by atoms with van der Waals surface area (Å²) in [5.74, 6) is -0.753. The number of para-hydroxylation sites is 2. The minimum atomic E-state index is -4.24. The number of rotatable bonds is 17. The molecule has 17 heteroatoms. The second kappa shape index (κ2) is 16.5. The standard InChI is InChI=1S/C32H36N6O10S/c1-32(2,3)22-13-15-23(16-14-22)49(42,43)37-28-27(48-25-11-6-5-10-24(25)44-4)31(36-30(35-28)29-33-17-9-18-34-29)46-21-20-45-26(39)12-7-8-19-47-38(40)41/h5-6,9-11,13-18H,7-8,12,19-21H2,1-4H3,(H,35,36,37). The summed E-state index contributed by atoms with van der Waals surface area (Å²) in [5.41, 5.74) is 0.745. The predicted octanol–water partition coefficient (Wildman–Crippen LogP) is 5.13. The number of sulfonamides is 1. The predicted molar refractivity (Wildman–Crippen MR) is 175 cm³/mol. The molecule has 0 aliphatic carbocycles. The first-order valence-corrected chi connectivity index (χ1v) is 16.5. The molecular weight excluding hydrogens is 660 g/mol. The van der Waals surface area contributed by atoms with Crippen molar-refractivity contribution in [3.05, 3.63) is 82.7 Å². The molecule has 4 rings (SSSR count). The van der Waals surface area contributed by atoms with Crippen LogP contribution in [0.1, 0.15) is 45.6 Å². The van der Waals surface area contributed by atoms with Gasteiger partial charge in [-0.1, -0.05) is 45.0 Å². The first-order chi connectivity index (χ1) is 23.4. The molecule has 0 spiro atoms. The number of benzene rings is 2. The summed E-state index contributed by atoms with van der Waals surface area (Å²) in [5, 5.41) is 9.36. The Morgan fingerprint density at radius 1 is 0.898 bits per heavy atom. The Hall–Kier alpha value is -5.58. The monoisotopic (exact) mass is 696 g/mol. The van der Waals surface area contributed by atoms with E-state index in [2.05, 4.69) is 29.5 Å². The van der Waals surface area contributed by atoms with Crippen LogP contribution in [0.2, 0.25) is 0 Å². The van der Waals surface area contributed by atoms with Crippen molar-refractivity contribution in [2.45, 2.75) is 50.3 Å². The van der Waals surface area contributed by atoms with E-state index >= 15 is 0 Å². The molecule has 0 saturated carbocycles. The zero-order valence-electron chi connectivity index (χ0n) is 27.3. The molecule has 2 heterocycles. The van der Waals surface area contributed by atoms with Crippen molar-refractivity contribution < 1.29 is 42.1 Å². The molecule has 1 N–H and O–H groups in total. The van der Waals surface area contributed by atoms with E-state index in [-0.39, 0.29) is 71.4 Å². The van der Waals surface area contributed by atoms with Crippen LogP contribution in [0.25, 0.3) is 11.6 Å². The molecule has 0 unspecified atom stereocenters. The van der Waals surface area contributed by atoms with Gasteiger partial charge in [0.25, 0.3) is 21.0 Å². The van der Waals surface area contributed by atoms with E-state index in [1.165, 1.54) is 31.6 Å². The average Bonchev–Trinajstić information content (AvgIpc) is 3.07. The molecule has 0 saturated heterocycles. The van der Waals surface area contributed by atoms with Crippen LogP contribution in [0.5, 0.6) is 23.1 Å². The van der Waals surface area contributed by atoms with Gasteiger partial charge in [-0.05, 0) is 54.2 Å². The zero-order chi connectivity index (χ0) is 35.4. The SMILES string of the molecule is COc1ccccc1Oc1c(NS(=O)(=O)c2ccc(C(C)(C)C)cc2)nc(-c2ncccn2)nc1OCCOC(=O)CCCCO[N+](=O)[O-]. The first-order valence-electron chi connectivity index (χ1n) is 15.1. The maximum atomic E-state index is 13.7. The molecule has 0 aliphatic heterocycles. The number of nitrogens with one attached hydrogen (secondary N) is 1. The lowest BCUT2D eigenvalue weighted by atomic mass is 9.87. The number of esters is 1. The van der Waals surface area contributed by atoms with E-state index in [1.54, 1.807) is 42.5 Å². The van der Waals surface area contributed by atoms with Gasteiger partial charge in [0.1, 0.15) is 13.2 Å². The third kappa shape index (κ3) is 10.5. The Morgan fingerprint density at radius 2 is 1.59 bits per heavy atom. The molecule has 2 aromatic heterocycles. The highest BCUT2D eigenvalue weighted by Crippen LogP contribution is 2.41. The maximum absolute atomic E-state index is 13.7. The number of ether oxygens (including phenoxy) is 4. The van der Waals surface area contributed by atoms with Gasteiger partial charge in [0, 0.05) is 18.8 Å². The van der Waals surface area contributed by atoms with Gasteiger partial charge in [-0.3, -0.25) is 9.52 Å². The van der Waals surface area contributed by atoms with E-state index in [9.17, 15) is 23.3 Å². The fourth-order valence-corrected chi connectivity index (χ4v) is 5.22. The van der Waals surface area contributed by atoms with Crippen LogP contribution in [0.3, 0.4) is 0 Å². The maximum Gasteiger partial charge on any atom is 0.305 e. The van der Waals surface area contributed by atoms with Gasteiger partial charge >= 0.3 is 5.97 Å². The molecule has 0 fully saturated rings. The lowest BCUT2D eigenvalue weighted by Crippen LogP contribution is -2.18. The number of nitrogens with zero attached hydrogens (tertiary/aromatic N) is 5. The van der Waals surface area contributed by atoms with E-state index < -0.39 is 21.1 Å². The highest BCUT2D eigenvalue weighted by molar-refractivity contribution is 7.92. The van der Waals surface area contributed by atoms with Gasteiger partial charge in [0.15, 0.2) is 23.1 Å². The number of aromatic nitrogens is 4. The lowest BCUT2D eigenvalue weighted by Gasteiger charge is -2.20. The van der Waals surface area contributed by atoms with Gasteiger partial charge in [-0.2, -0.15) is 4.98 Å². The summed E-state index contributed by atoms with van der Waals surface area (Å²) < 4.78 is 52.6. The number of carbonyl (C=O) groups excluding carboxylic acids is 1. The summed E-state index contributed by atoms with van der Waals surface area (Å²) >= 11 is 0. The van der Waals surface area contributed by atoms with Crippen LogP contribution in [0.4, 0.5) is 5.82 Å². The molecule has 16 nitrogen and oxygen atoms in total. The van der Waals surface area contributed by atoms with Crippen molar-refractivity contribution in [3.8, 4) is 34.8 Å². The number of methoxy groups -OCH3 is 1. The van der Waals surface area contributed by atoms with Crippen LogP contribution < -0.4 is 18.9 Å². The topological polar surface area (TPSA) is 204 Å². The number of unbranched alkanes of at least 4 members (excludes halogenated alkanes) is 1. The van der Waals surface area contributed by atoms with Crippen molar-refractivity contribution in [1.29, 1.82) is 0 Å². The van der Waals surface area contributed by atoms with E-state index in [4.69, 9.17) is 18.9 Å². The molecule has 0 aliphatic rings. The Kier molecular flexibility index (Phi) is 12.2. The van der Waals surface area contributed by atoms with Crippen LogP contribution in [0, 0.1) is 10.1 Å². The Morgan fingerprint density at radius 3 is 2.24 bits per heavy atom. The number of anilines is 1. The average molecular weight is 697 g/mol. The number of carbonyl (C=O) groups is 1. The molecule has 4 aromatic rings. The molecule has 49 heavy (non-hydrogen) atoms. The fourth-order valence-electron chi connectivity index (χ4n) is 4.21. The van der Waals surface area contributed by atoms with Crippen molar-refractivity contribution in [2.75, 3.05) is 31.7 Å². The summed E-state index contributed by atoms with van der Waals surface area (Å²) in [6.45, 7) is 5.50. The van der Waals surface area contributed by atoms with Crippen LogP contribution in [-0.2, 0) is 29.8 Å². The second-order valence-electron chi connectivity index (χ2n) is 11.3. The van der Waals surface area contributed by atoms with Gasteiger partial charge in [-0.15, -0.1) is 10.1 Å². The van der Waals surface area contributed by atoms with Crippen LogP contribution >= 0.6 is 0 Å². The third-order valence-electron chi connectivity index (χ3n) is 6.70. The molecule has 0 bridgehead atoms. The minimum absolute atomic E-state index is 0.00883. The van der Waals surface area contributed by atoms with Crippen molar-refractivity contribution >= 4 is 21.8 Å². The highest BCUT2D eigenvalue weighted by Gasteiger charge is 2.26. The van der Waals surface area contributed by atoms with E-state index in [1.807, 2.05) is 20.8 Å². The molecule has 0 radical (unpaired) electrons. The van der Waals surface area contributed by atoms with Crippen molar-refractivity contribution in [3.63, 3.8) is 0 Å². The Labute approximate surface area is 283 Å². The van der Waals surface area contributed by atoms with Crippen molar-refractivity contribution in [1.82, 2.24) is 19.9 Å². The Bertz CT molecular complexity index is 1840. The number of hydrogen-bond donors (Lipinski definition) is 1. The summed E-state index contributed by atoms with van der Waals surface area (Å²) in [4.78, 5) is 43.9. The quantitative estimate of drug-likeness (QED) is 0.0658. The van der Waals surface area contributed by atoms with Gasteiger partial charge in [0.2, 0.25) is 11.6 Å². The third-order valence-corrected chi connectivity index (χ3v) is 8.05. The summed E-state index contributed by atoms with van der Waals surface area (Å²) in [7, 11) is -2.79. The lowest BCUT2D eigenvalue weighted by molar-refractivity contribution is -0.757. The smallest absolute Gasteiger partial charge is 0.305 e. The normalized spacial score (nSPS) is 11.3. The molecule has 2 aromatic carbocycles. The molecular formula is C32H36N6O10S. The van der Waals surface area contributed by atoms with Crippen molar-refractivity contribution in [2.24, 2.45) is 0 Å². The second-order valence-corrected chi connectivity index (χ2v) is 13.0. The van der Waals surface area contributed by atoms with E-state index in [0.717, 1.165) is 5.56 Å². The Balaban J connectivity index is 1.66. The van der Waals surface area contributed by atoms with Crippen LogP contribution in [0.15, 0.2) is 71.9 Å². The largest absolute Gasteiger partial charge is 0.493 e. The zero-order valence-corrected chi connectivity index (χ0v) is 28.1. The fraction of sp³-hybridized carbons (Fsp3) is 0.344. The first kappa shape index (κ1) is 36.3. The highest BCUT2D eigenvalue weighted by atomic mass is 32.2. The summed E-state index contributed by atoms with van der Waals surface area (Å²) in [6, 6.07) is 14.7. The van der Waals surface area contributed by atoms with Gasteiger partial charge in [-0.25, -0.2) is 23.4 Å².